The van der Waals surface area contributed by atoms with Crippen molar-refractivity contribution in [2.45, 2.75) is 38.3 Å². The van der Waals surface area contributed by atoms with Gasteiger partial charge in [-0.1, -0.05) is 60.7 Å². The smallest absolute Gasteiger partial charge is 0.199 e. The Hall–Kier alpha value is -3.11. The van der Waals surface area contributed by atoms with Gasteiger partial charge in [-0.15, -0.1) is 0 Å². The molecule has 0 saturated carbocycles. The Morgan fingerprint density at radius 1 is 1.03 bits per heavy atom. The Kier molecular flexibility index (Phi) is 4.95. The quantitative estimate of drug-likeness (QED) is 0.566. The van der Waals surface area contributed by atoms with E-state index in [1.54, 1.807) is 0 Å². The van der Waals surface area contributed by atoms with Gasteiger partial charge in [0.15, 0.2) is 11.5 Å². The zero-order chi connectivity index (χ0) is 21.5. The highest BCUT2D eigenvalue weighted by Gasteiger charge is 2.26. The standard InChI is InChI=1S/C27H25ClN4/c28-27-30-25(18-9-2-1-3-10-18)29-26(31-27)19-11-8-12-20(17-19)32-23-15-6-4-13-21(23)22-14-5-7-16-24(22)32/h1-6,9,11,13-15,17-18,25H,7-8,10,12,16H2,(H,29,30,31). The molecule has 32 heavy (non-hydrogen) atoms. The summed E-state index contributed by atoms with van der Waals surface area (Å²) >= 11 is 6.41. The van der Waals surface area contributed by atoms with Crippen molar-refractivity contribution in [1.29, 1.82) is 0 Å². The van der Waals surface area contributed by atoms with Gasteiger partial charge in [0, 0.05) is 33.8 Å². The van der Waals surface area contributed by atoms with E-state index in [0.29, 0.717) is 5.29 Å². The van der Waals surface area contributed by atoms with Crippen LogP contribution >= 0.6 is 11.6 Å². The second kappa shape index (κ2) is 8.10. The fourth-order valence-corrected chi connectivity index (χ4v) is 5.31. The molecule has 160 valence electrons. The topological polar surface area (TPSA) is 41.7 Å². The maximum atomic E-state index is 6.41. The molecule has 2 unspecified atom stereocenters. The molecule has 2 atom stereocenters. The van der Waals surface area contributed by atoms with E-state index in [2.05, 4.69) is 87.7 Å². The first-order valence-electron chi connectivity index (χ1n) is 11.4. The lowest BCUT2D eigenvalue weighted by Gasteiger charge is -2.26. The van der Waals surface area contributed by atoms with E-state index in [0.717, 1.165) is 43.5 Å². The summed E-state index contributed by atoms with van der Waals surface area (Å²) in [5.74, 6) is 1.06. The molecule has 1 aromatic heterocycles. The van der Waals surface area contributed by atoms with Crippen molar-refractivity contribution in [2.24, 2.45) is 15.9 Å². The minimum atomic E-state index is -0.190. The fraction of sp³-hybridized carbons (Fsp3) is 0.259. The summed E-state index contributed by atoms with van der Waals surface area (Å²) in [6.45, 7) is 0. The monoisotopic (exact) mass is 440 g/mol. The Balaban J connectivity index is 1.40. The predicted molar refractivity (Wildman–Crippen MR) is 135 cm³/mol. The minimum absolute atomic E-state index is 0.190. The fourth-order valence-electron chi connectivity index (χ4n) is 5.13. The number of para-hydroxylation sites is 1. The van der Waals surface area contributed by atoms with Gasteiger partial charge in [0.25, 0.3) is 0 Å². The molecule has 2 heterocycles. The van der Waals surface area contributed by atoms with E-state index in [4.69, 9.17) is 16.6 Å². The summed E-state index contributed by atoms with van der Waals surface area (Å²) in [6.07, 6.45) is 22.5. The number of nitrogens with zero attached hydrogens (tertiary/aromatic N) is 3. The first-order chi connectivity index (χ1) is 15.8. The van der Waals surface area contributed by atoms with Crippen molar-refractivity contribution in [3.05, 3.63) is 83.6 Å². The van der Waals surface area contributed by atoms with Gasteiger partial charge >= 0.3 is 0 Å². The van der Waals surface area contributed by atoms with Gasteiger partial charge in [-0.2, -0.15) is 0 Å². The van der Waals surface area contributed by atoms with Crippen molar-refractivity contribution in [2.75, 3.05) is 0 Å². The number of allylic oxidation sites excluding steroid dienone is 6. The number of rotatable bonds is 3. The van der Waals surface area contributed by atoms with Crippen LogP contribution in [0.15, 0.2) is 82.4 Å². The largest absolute Gasteiger partial charge is 0.317 e. The van der Waals surface area contributed by atoms with Crippen molar-refractivity contribution in [1.82, 2.24) is 9.88 Å². The summed E-state index contributed by atoms with van der Waals surface area (Å²) in [5.41, 5.74) is 6.47. The highest BCUT2D eigenvalue weighted by molar-refractivity contribution is 6.66. The second-order valence-corrected chi connectivity index (χ2v) is 8.99. The van der Waals surface area contributed by atoms with Crippen molar-refractivity contribution in [3.8, 4) is 0 Å². The maximum Gasteiger partial charge on any atom is 0.199 e. The van der Waals surface area contributed by atoms with Crippen LogP contribution in [0, 0.1) is 5.92 Å². The van der Waals surface area contributed by atoms with Gasteiger partial charge < -0.3 is 9.88 Å². The highest BCUT2D eigenvalue weighted by atomic mass is 35.5. The molecule has 1 aromatic carbocycles. The molecule has 0 bridgehead atoms. The summed E-state index contributed by atoms with van der Waals surface area (Å²) < 4.78 is 2.48. The van der Waals surface area contributed by atoms with Crippen LogP contribution in [0.4, 0.5) is 0 Å². The molecule has 6 rings (SSSR count). The van der Waals surface area contributed by atoms with E-state index >= 15 is 0 Å². The van der Waals surface area contributed by atoms with E-state index < -0.39 is 0 Å². The molecule has 4 nitrogen and oxygen atoms in total. The number of aliphatic imine (C=N–C) groups is 2. The summed E-state index contributed by atoms with van der Waals surface area (Å²) in [6, 6.07) is 8.74. The first-order valence-corrected chi connectivity index (χ1v) is 11.8. The van der Waals surface area contributed by atoms with Gasteiger partial charge in [-0.25, -0.2) is 9.98 Å². The molecule has 0 saturated heterocycles. The number of nitrogens with one attached hydrogen (secondary N) is 1. The lowest BCUT2D eigenvalue weighted by Crippen LogP contribution is -2.36. The molecule has 0 fully saturated rings. The first kappa shape index (κ1) is 19.6. The van der Waals surface area contributed by atoms with Crippen LogP contribution in [0.2, 0.25) is 0 Å². The highest BCUT2D eigenvalue weighted by Crippen LogP contribution is 2.36. The number of fused-ring (bicyclic) bond motifs is 3. The van der Waals surface area contributed by atoms with Crippen LogP contribution in [-0.2, 0) is 6.42 Å². The SMILES string of the molecule is ClC1=NC(C2C=CC=CC2)N=C(C2=CCCC(n3c4c(c5ccccc53)C=CCC4)=C2)N1. The van der Waals surface area contributed by atoms with E-state index in [1.807, 2.05) is 0 Å². The molecule has 1 N–H and O–H groups in total. The normalized spacial score (nSPS) is 24.4. The Morgan fingerprint density at radius 3 is 2.88 bits per heavy atom. The van der Waals surface area contributed by atoms with Crippen molar-refractivity contribution >= 4 is 45.4 Å². The average molecular weight is 441 g/mol. The lowest BCUT2D eigenvalue weighted by atomic mass is 9.97. The molecule has 0 radical (unpaired) electrons. The lowest BCUT2D eigenvalue weighted by molar-refractivity contribution is 0.518. The third-order valence-electron chi connectivity index (χ3n) is 6.62. The molecule has 0 amide bonds. The zero-order valence-corrected chi connectivity index (χ0v) is 18.6. The molecular weight excluding hydrogens is 416 g/mol. The zero-order valence-electron chi connectivity index (χ0n) is 17.8. The second-order valence-electron chi connectivity index (χ2n) is 8.64. The molecule has 2 aromatic rings. The average Bonchev–Trinajstić information content (AvgIpc) is 3.19. The van der Waals surface area contributed by atoms with E-state index in [-0.39, 0.29) is 12.1 Å². The maximum absolute atomic E-state index is 6.41. The van der Waals surface area contributed by atoms with Crippen LogP contribution in [0.1, 0.15) is 36.9 Å². The summed E-state index contributed by atoms with van der Waals surface area (Å²) in [7, 11) is 0. The van der Waals surface area contributed by atoms with Gasteiger partial charge in [-0.05, 0) is 55.8 Å². The number of hydrogen-bond donors (Lipinski definition) is 1. The van der Waals surface area contributed by atoms with Crippen LogP contribution < -0.4 is 5.32 Å². The van der Waals surface area contributed by atoms with Crippen molar-refractivity contribution < 1.29 is 0 Å². The number of aromatic nitrogens is 1. The number of hydrogen-bond acceptors (Lipinski definition) is 3. The Bertz CT molecular complexity index is 1300. The third kappa shape index (κ3) is 3.39. The van der Waals surface area contributed by atoms with Crippen molar-refractivity contribution in [3.63, 3.8) is 0 Å². The number of amidine groups is 2. The Labute approximate surface area is 193 Å². The summed E-state index contributed by atoms with van der Waals surface area (Å²) in [4.78, 5) is 9.52. The predicted octanol–water partition coefficient (Wildman–Crippen LogP) is 6.22. The molecule has 4 aliphatic rings. The molecular formula is C27H25ClN4. The van der Waals surface area contributed by atoms with E-state index in [9.17, 15) is 0 Å². The Morgan fingerprint density at radius 2 is 1.97 bits per heavy atom. The van der Waals surface area contributed by atoms with Crippen LogP contribution in [-0.4, -0.2) is 21.9 Å². The minimum Gasteiger partial charge on any atom is -0.317 e. The van der Waals surface area contributed by atoms with Crippen LogP contribution in [0.3, 0.4) is 0 Å². The number of benzene rings is 1. The van der Waals surface area contributed by atoms with Gasteiger partial charge in [-0.3, -0.25) is 0 Å². The molecule has 1 aliphatic heterocycles. The van der Waals surface area contributed by atoms with Gasteiger partial charge in [0.2, 0.25) is 0 Å². The molecule has 5 heteroatoms. The third-order valence-corrected chi connectivity index (χ3v) is 6.81. The van der Waals surface area contributed by atoms with E-state index in [1.165, 1.54) is 27.9 Å². The van der Waals surface area contributed by atoms with Gasteiger partial charge in [0.05, 0.1) is 5.52 Å². The molecule has 3 aliphatic carbocycles. The van der Waals surface area contributed by atoms with Crippen LogP contribution in [0.5, 0.6) is 0 Å². The number of halogens is 1. The van der Waals surface area contributed by atoms with Crippen LogP contribution in [0.25, 0.3) is 22.7 Å². The molecule has 0 spiro atoms. The summed E-state index contributed by atoms with van der Waals surface area (Å²) in [5, 5.41) is 4.96. The van der Waals surface area contributed by atoms with Gasteiger partial charge in [0.1, 0.15) is 5.84 Å².